The fourth-order valence-electron chi connectivity index (χ4n) is 1.67. The van der Waals surface area contributed by atoms with Gasteiger partial charge in [-0.05, 0) is 12.1 Å². The van der Waals surface area contributed by atoms with E-state index in [0.717, 1.165) is 16.7 Å². The summed E-state index contributed by atoms with van der Waals surface area (Å²) in [6, 6.07) is 7.38. The molecule has 2 aromatic heterocycles. The van der Waals surface area contributed by atoms with Crippen LogP contribution >= 0.6 is 11.3 Å². The van der Waals surface area contributed by atoms with E-state index in [1.807, 2.05) is 18.2 Å². The van der Waals surface area contributed by atoms with E-state index in [1.165, 1.54) is 0 Å². The summed E-state index contributed by atoms with van der Waals surface area (Å²) in [5.41, 5.74) is 6.68. The summed E-state index contributed by atoms with van der Waals surface area (Å²) in [6.45, 7) is 0. The van der Waals surface area contributed by atoms with Crippen molar-refractivity contribution in [2.75, 3.05) is 11.1 Å². The number of hydrogen-bond donors (Lipinski definition) is 2. The van der Waals surface area contributed by atoms with Crippen molar-refractivity contribution in [3.05, 3.63) is 30.0 Å². The average Bonchev–Trinajstić information content (AvgIpc) is 2.97. The van der Waals surface area contributed by atoms with Crippen molar-refractivity contribution in [2.24, 2.45) is 0 Å². The molecule has 0 saturated heterocycles. The smallest absolute Gasteiger partial charge is 0.232 e. The first-order valence-corrected chi connectivity index (χ1v) is 6.26. The Kier molecular flexibility index (Phi) is 2.84. The fraction of sp³-hybridized carbons (Fsp3) is 0.0909. The van der Waals surface area contributed by atoms with E-state index in [2.05, 4.69) is 20.7 Å². The number of para-hydroxylation sites is 1. The van der Waals surface area contributed by atoms with Gasteiger partial charge in [-0.2, -0.15) is 0 Å². The molecule has 0 atom stereocenters. The molecule has 0 spiro atoms. The number of rotatable bonds is 3. The van der Waals surface area contributed by atoms with Crippen LogP contribution in [0.5, 0.6) is 0 Å². The number of nitrogens with one attached hydrogen (secondary N) is 1. The van der Waals surface area contributed by atoms with Crippen LogP contribution in [-0.4, -0.2) is 21.3 Å². The number of carbonyl (C=O) groups excluding carboxylic acids is 1. The summed E-state index contributed by atoms with van der Waals surface area (Å²) in [6.07, 6.45) is 0.108. The minimum absolute atomic E-state index is 0.108. The van der Waals surface area contributed by atoms with Gasteiger partial charge in [0.2, 0.25) is 16.2 Å². The largest absolute Gasteiger partial charge is 0.374 e. The summed E-state index contributed by atoms with van der Waals surface area (Å²) < 4.78 is 5.13. The number of carbonyl (C=O) groups is 1. The average molecular weight is 275 g/mol. The summed E-state index contributed by atoms with van der Waals surface area (Å²) >= 11 is 1.11. The summed E-state index contributed by atoms with van der Waals surface area (Å²) in [4.78, 5) is 11.8. The molecule has 0 saturated carbocycles. The lowest BCUT2D eigenvalue weighted by Gasteiger charge is -1.98. The molecule has 8 heteroatoms. The molecular formula is C11H9N5O2S. The second kappa shape index (κ2) is 4.65. The Hall–Kier alpha value is -2.48. The topological polar surface area (TPSA) is 107 Å². The highest BCUT2D eigenvalue weighted by Crippen LogP contribution is 2.20. The number of benzene rings is 1. The zero-order valence-electron chi connectivity index (χ0n) is 9.66. The Morgan fingerprint density at radius 3 is 3.00 bits per heavy atom. The van der Waals surface area contributed by atoms with Crippen LogP contribution in [0, 0.1) is 0 Å². The molecule has 2 heterocycles. The molecule has 0 bridgehead atoms. The van der Waals surface area contributed by atoms with Crippen LogP contribution in [-0.2, 0) is 11.2 Å². The lowest BCUT2D eigenvalue weighted by Crippen LogP contribution is -2.14. The first kappa shape index (κ1) is 11.6. The van der Waals surface area contributed by atoms with E-state index >= 15 is 0 Å². The molecule has 96 valence electrons. The Morgan fingerprint density at radius 2 is 2.21 bits per heavy atom. The Bertz CT molecular complexity index is 735. The van der Waals surface area contributed by atoms with Gasteiger partial charge in [-0.3, -0.25) is 4.79 Å². The first-order valence-electron chi connectivity index (χ1n) is 5.44. The number of fused-ring (bicyclic) bond motifs is 1. The Morgan fingerprint density at radius 1 is 1.37 bits per heavy atom. The van der Waals surface area contributed by atoms with Crippen molar-refractivity contribution in [1.29, 1.82) is 0 Å². The standard InChI is InChI=1S/C11H9N5O2S/c12-10-14-15-11(19-10)13-9(17)5-7-6-3-1-2-4-8(6)18-16-7/h1-4H,5H2,(H2,12,14)(H,13,15,17). The first-order chi connectivity index (χ1) is 9.22. The van der Waals surface area contributed by atoms with Gasteiger partial charge in [0.1, 0.15) is 5.69 Å². The number of amides is 1. The highest BCUT2D eigenvalue weighted by molar-refractivity contribution is 7.18. The normalized spacial score (nSPS) is 10.7. The van der Waals surface area contributed by atoms with Gasteiger partial charge in [0.15, 0.2) is 5.58 Å². The quantitative estimate of drug-likeness (QED) is 0.749. The number of nitrogens with two attached hydrogens (primary N) is 1. The van der Waals surface area contributed by atoms with Crippen molar-refractivity contribution >= 4 is 38.5 Å². The minimum atomic E-state index is -0.241. The van der Waals surface area contributed by atoms with Crippen LogP contribution in [0.3, 0.4) is 0 Å². The monoisotopic (exact) mass is 275 g/mol. The van der Waals surface area contributed by atoms with E-state index in [1.54, 1.807) is 6.07 Å². The summed E-state index contributed by atoms with van der Waals surface area (Å²) in [5, 5.41) is 15.3. The summed E-state index contributed by atoms with van der Waals surface area (Å²) in [5.74, 6) is -0.241. The number of anilines is 2. The van der Waals surface area contributed by atoms with Gasteiger partial charge in [-0.15, -0.1) is 10.2 Å². The van der Waals surface area contributed by atoms with Crippen LogP contribution in [0.4, 0.5) is 10.3 Å². The number of hydrogen-bond acceptors (Lipinski definition) is 7. The second-order valence-electron chi connectivity index (χ2n) is 3.80. The molecular weight excluding hydrogens is 266 g/mol. The number of nitrogens with zero attached hydrogens (tertiary/aromatic N) is 3. The zero-order valence-corrected chi connectivity index (χ0v) is 10.5. The molecule has 0 fully saturated rings. The van der Waals surface area contributed by atoms with Crippen molar-refractivity contribution in [3.63, 3.8) is 0 Å². The maximum atomic E-state index is 11.8. The molecule has 0 unspecified atom stereocenters. The molecule has 0 radical (unpaired) electrons. The van der Waals surface area contributed by atoms with Crippen molar-refractivity contribution in [2.45, 2.75) is 6.42 Å². The molecule has 3 aromatic rings. The second-order valence-corrected chi connectivity index (χ2v) is 4.80. The SMILES string of the molecule is Nc1nnc(NC(=O)Cc2noc3ccccc23)s1. The Balaban J connectivity index is 1.76. The summed E-state index contributed by atoms with van der Waals surface area (Å²) in [7, 11) is 0. The predicted octanol–water partition coefficient (Wildman–Crippen LogP) is 1.44. The molecule has 3 N–H and O–H groups in total. The molecule has 1 amide bonds. The highest BCUT2D eigenvalue weighted by atomic mass is 32.1. The van der Waals surface area contributed by atoms with Crippen molar-refractivity contribution in [3.8, 4) is 0 Å². The van der Waals surface area contributed by atoms with E-state index < -0.39 is 0 Å². The Labute approximate surface area is 111 Å². The molecule has 19 heavy (non-hydrogen) atoms. The molecule has 0 aliphatic rings. The molecule has 1 aromatic carbocycles. The van der Waals surface area contributed by atoms with Crippen LogP contribution < -0.4 is 11.1 Å². The van der Waals surface area contributed by atoms with Crippen LogP contribution in [0.2, 0.25) is 0 Å². The van der Waals surface area contributed by atoms with E-state index in [0.29, 0.717) is 21.5 Å². The highest BCUT2D eigenvalue weighted by Gasteiger charge is 2.13. The lowest BCUT2D eigenvalue weighted by atomic mass is 10.2. The molecule has 3 rings (SSSR count). The predicted molar refractivity (Wildman–Crippen MR) is 70.7 cm³/mol. The van der Waals surface area contributed by atoms with Crippen molar-refractivity contribution < 1.29 is 9.32 Å². The third-order valence-corrected chi connectivity index (χ3v) is 3.13. The lowest BCUT2D eigenvalue weighted by molar-refractivity contribution is -0.115. The maximum absolute atomic E-state index is 11.8. The van der Waals surface area contributed by atoms with E-state index in [9.17, 15) is 4.79 Å². The number of aromatic nitrogens is 3. The van der Waals surface area contributed by atoms with E-state index in [4.69, 9.17) is 10.3 Å². The van der Waals surface area contributed by atoms with Gasteiger partial charge in [-0.25, -0.2) is 0 Å². The minimum Gasteiger partial charge on any atom is -0.374 e. The third-order valence-electron chi connectivity index (χ3n) is 2.47. The fourth-order valence-corrected chi connectivity index (χ4v) is 2.19. The third kappa shape index (κ3) is 2.38. The zero-order chi connectivity index (χ0) is 13.2. The van der Waals surface area contributed by atoms with E-state index in [-0.39, 0.29) is 12.3 Å². The van der Waals surface area contributed by atoms with Crippen LogP contribution in [0.25, 0.3) is 11.0 Å². The van der Waals surface area contributed by atoms with Gasteiger partial charge in [-0.1, -0.05) is 28.6 Å². The maximum Gasteiger partial charge on any atom is 0.232 e. The van der Waals surface area contributed by atoms with Gasteiger partial charge in [0, 0.05) is 5.39 Å². The number of nitrogen functional groups attached to an aromatic ring is 1. The van der Waals surface area contributed by atoms with Gasteiger partial charge < -0.3 is 15.6 Å². The van der Waals surface area contributed by atoms with Crippen molar-refractivity contribution in [1.82, 2.24) is 15.4 Å². The molecule has 0 aliphatic carbocycles. The van der Waals surface area contributed by atoms with Gasteiger partial charge in [0.05, 0.1) is 6.42 Å². The van der Waals surface area contributed by atoms with Crippen LogP contribution in [0.15, 0.2) is 28.8 Å². The molecule has 0 aliphatic heterocycles. The van der Waals surface area contributed by atoms with Crippen LogP contribution in [0.1, 0.15) is 5.69 Å². The van der Waals surface area contributed by atoms with Gasteiger partial charge in [0.25, 0.3) is 0 Å². The molecule has 7 nitrogen and oxygen atoms in total. The van der Waals surface area contributed by atoms with Gasteiger partial charge >= 0.3 is 0 Å².